The van der Waals surface area contributed by atoms with Crippen LogP contribution in [0.15, 0.2) is 71.2 Å². The molecule has 1 heterocycles. The highest BCUT2D eigenvalue weighted by molar-refractivity contribution is 5.81. The number of aromatic nitrogens is 2. The molecule has 3 aromatic rings. The van der Waals surface area contributed by atoms with Gasteiger partial charge in [-0.1, -0.05) is 18.2 Å². The van der Waals surface area contributed by atoms with E-state index in [4.69, 9.17) is 13.9 Å². The first-order chi connectivity index (χ1) is 12.8. The average molecular weight is 350 g/mol. The van der Waals surface area contributed by atoms with Crippen molar-refractivity contribution in [2.75, 3.05) is 13.2 Å². The lowest BCUT2D eigenvalue weighted by atomic mass is 10.2. The molecule has 2 aromatic carbocycles. The van der Waals surface area contributed by atoms with E-state index in [0.717, 1.165) is 11.1 Å². The fourth-order valence-corrected chi connectivity index (χ4v) is 2.21. The van der Waals surface area contributed by atoms with Crippen molar-refractivity contribution in [1.82, 2.24) is 10.2 Å². The molecule has 6 nitrogen and oxygen atoms in total. The lowest BCUT2D eigenvalue weighted by Crippen LogP contribution is -2.00. The van der Waals surface area contributed by atoms with Gasteiger partial charge in [-0.05, 0) is 49.4 Å². The summed E-state index contributed by atoms with van der Waals surface area (Å²) in [5, 5.41) is 8.16. The number of benzene rings is 2. The molecular weight excluding hydrogens is 332 g/mol. The monoisotopic (exact) mass is 350 g/mol. The van der Waals surface area contributed by atoms with Crippen molar-refractivity contribution in [1.29, 1.82) is 0 Å². The Hall–Kier alpha value is -3.41. The Morgan fingerprint density at radius 3 is 2.31 bits per heavy atom. The van der Waals surface area contributed by atoms with Crippen molar-refractivity contribution >= 4 is 5.97 Å². The van der Waals surface area contributed by atoms with Gasteiger partial charge in [0.25, 0.3) is 0 Å². The number of carbonyl (C=O) groups excluding carboxylic acids is 1. The number of ether oxygens (including phenoxy) is 2. The molecule has 132 valence electrons. The van der Waals surface area contributed by atoms with E-state index >= 15 is 0 Å². The molecule has 0 amide bonds. The first kappa shape index (κ1) is 17.4. The quantitative estimate of drug-likeness (QED) is 0.475. The molecule has 0 fully saturated rings. The van der Waals surface area contributed by atoms with Gasteiger partial charge in [-0.25, -0.2) is 4.79 Å². The minimum atomic E-state index is -0.378. The Balaban J connectivity index is 1.60. The van der Waals surface area contributed by atoms with Gasteiger partial charge in [0.2, 0.25) is 11.8 Å². The summed E-state index contributed by atoms with van der Waals surface area (Å²) in [6.07, 6.45) is 2.96. The van der Waals surface area contributed by atoms with Crippen molar-refractivity contribution in [2.24, 2.45) is 0 Å². The van der Waals surface area contributed by atoms with Gasteiger partial charge in [-0.2, -0.15) is 0 Å². The summed E-state index contributed by atoms with van der Waals surface area (Å²) < 4.78 is 16.0. The fourth-order valence-electron chi connectivity index (χ4n) is 2.21. The number of rotatable bonds is 7. The minimum Gasteiger partial charge on any atom is -0.490 e. The van der Waals surface area contributed by atoms with Crippen LogP contribution in [0.3, 0.4) is 0 Å². The van der Waals surface area contributed by atoms with E-state index in [9.17, 15) is 4.79 Å². The Kier molecular flexibility index (Phi) is 5.77. The standard InChI is InChI=1S/C20H18N2O4/c1-2-24-18(23)9-6-14-25-17-12-10-16(11-13-17)20-22-21-19(26-20)15-7-4-3-5-8-15/h3-13H,2,14H2,1H3/b9-6+. The van der Waals surface area contributed by atoms with E-state index in [1.54, 1.807) is 25.1 Å². The topological polar surface area (TPSA) is 74.5 Å². The lowest BCUT2D eigenvalue weighted by Gasteiger charge is -2.03. The first-order valence-corrected chi connectivity index (χ1v) is 8.21. The normalized spacial score (nSPS) is 10.8. The zero-order chi connectivity index (χ0) is 18.2. The van der Waals surface area contributed by atoms with Gasteiger partial charge in [-0.3, -0.25) is 0 Å². The molecule has 0 spiro atoms. The molecule has 0 saturated carbocycles. The van der Waals surface area contributed by atoms with Gasteiger partial charge >= 0.3 is 5.97 Å². The van der Waals surface area contributed by atoms with Gasteiger partial charge in [0.05, 0.1) is 6.61 Å². The smallest absolute Gasteiger partial charge is 0.330 e. The molecule has 1 aromatic heterocycles. The van der Waals surface area contributed by atoms with Crippen LogP contribution in [0, 0.1) is 0 Å². The molecule has 0 atom stereocenters. The fraction of sp³-hybridized carbons (Fsp3) is 0.150. The molecule has 26 heavy (non-hydrogen) atoms. The third-order valence-corrected chi connectivity index (χ3v) is 3.43. The molecule has 0 unspecified atom stereocenters. The van der Waals surface area contributed by atoms with E-state index in [1.165, 1.54) is 6.08 Å². The van der Waals surface area contributed by atoms with Crippen LogP contribution in [0.2, 0.25) is 0 Å². The van der Waals surface area contributed by atoms with Gasteiger partial charge in [-0.15, -0.1) is 10.2 Å². The van der Waals surface area contributed by atoms with Crippen LogP contribution in [0.1, 0.15) is 6.92 Å². The van der Waals surface area contributed by atoms with Crippen molar-refractivity contribution in [3.05, 3.63) is 66.7 Å². The maximum Gasteiger partial charge on any atom is 0.330 e. The SMILES string of the molecule is CCOC(=O)/C=C/COc1ccc(-c2nnc(-c3ccccc3)o2)cc1. The van der Waals surface area contributed by atoms with E-state index in [1.807, 2.05) is 42.5 Å². The van der Waals surface area contributed by atoms with Crippen LogP contribution in [0.5, 0.6) is 5.75 Å². The highest BCUT2D eigenvalue weighted by Crippen LogP contribution is 2.25. The van der Waals surface area contributed by atoms with E-state index in [-0.39, 0.29) is 12.6 Å². The van der Waals surface area contributed by atoms with Crippen molar-refractivity contribution in [3.8, 4) is 28.7 Å². The minimum absolute atomic E-state index is 0.275. The number of esters is 1. The second-order valence-corrected chi connectivity index (χ2v) is 5.27. The van der Waals surface area contributed by atoms with Crippen molar-refractivity contribution in [3.63, 3.8) is 0 Å². The van der Waals surface area contributed by atoms with Gasteiger partial charge in [0.1, 0.15) is 12.4 Å². The third kappa shape index (κ3) is 4.57. The zero-order valence-corrected chi connectivity index (χ0v) is 14.3. The second kappa shape index (κ2) is 8.62. The summed E-state index contributed by atoms with van der Waals surface area (Å²) in [6.45, 7) is 2.39. The predicted molar refractivity (Wildman–Crippen MR) is 96.4 cm³/mol. The summed E-state index contributed by atoms with van der Waals surface area (Å²) in [7, 11) is 0. The molecule has 0 radical (unpaired) electrons. The van der Waals surface area contributed by atoms with Crippen LogP contribution < -0.4 is 4.74 Å². The summed E-state index contributed by atoms with van der Waals surface area (Å²) in [5.41, 5.74) is 1.67. The Labute approximate surface area is 151 Å². The van der Waals surface area contributed by atoms with Gasteiger partial charge < -0.3 is 13.9 Å². The van der Waals surface area contributed by atoms with Crippen LogP contribution in [0.4, 0.5) is 0 Å². The summed E-state index contributed by atoms with van der Waals surface area (Å²) in [6, 6.07) is 16.9. The number of hydrogen-bond acceptors (Lipinski definition) is 6. The highest BCUT2D eigenvalue weighted by atomic mass is 16.5. The van der Waals surface area contributed by atoms with Crippen molar-refractivity contribution < 1.29 is 18.7 Å². The van der Waals surface area contributed by atoms with Crippen LogP contribution in [-0.4, -0.2) is 29.4 Å². The molecule has 0 bridgehead atoms. The van der Waals surface area contributed by atoms with E-state index < -0.39 is 0 Å². The number of nitrogens with zero attached hydrogens (tertiary/aromatic N) is 2. The Morgan fingerprint density at radius 1 is 1.00 bits per heavy atom. The number of hydrogen-bond donors (Lipinski definition) is 0. The van der Waals surface area contributed by atoms with E-state index in [0.29, 0.717) is 24.1 Å². The summed E-state index contributed by atoms with van der Waals surface area (Å²) in [4.78, 5) is 11.2. The second-order valence-electron chi connectivity index (χ2n) is 5.27. The van der Waals surface area contributed by atoms with Crippen LogP contribution in [-0.2, 0) is 9.53 Å². The molecule has 0 N–H and O–H groups in total. The molecule has 3 rings (SSSR count). The molecule has 6 heteroatoms. The maximum absolute atomic E-state index is 11.2. The lowest BCUT2D eigenvalue weighted by molar-refractivity contribution is -0.137. The zero-order valence-electron chi connectivity index (χ0n) is 14.3. The van der Waals surface area contributed by atoms with Gasteiger partial charge in [0.15, 0.2) is 0 Å². The molecule has 0 saturated heterocycles. The Bertz CT molecular complexity index is 870. The number of carbonyl (C=O) groups is 1. The molecule has 0 aliphatic carbocycles. The van der Waals surface area contributed by atoms with Crippen LogP contribution >= 0.6 is 0 Å². The molecule has 0 aliphatic heterocycles. The van der Waals surface area contributed by atoms with E-state index in [2.05, 4.69) is 10.2 Å². The first-order valence-electron chi connectivity index (χ1n) is 8.21. The average Bonchev–Trinajstić information content (AvgIpc) is 3.17. The summed E-state index contributed by atoms with van der Waals surface area (Å²) in [5.74, 6) is 1.21. The van der Waals surface area contributed by atoms with Gasteiger partial charge in [0, 0.05) is 17.2 Å². The summed E-state index contributed by atoms with van der Waals surface area (Å²) >= 11 is 0. The highest BCUT2D eigenvalue weighted by Gasteiger charge is 2.10. The third-order valence-electron chi connectivity index (χ3n) is 3.43. The largest absolute Gasteiger partial charge is 0.490 e. The Morgan fingerprint density at radius 2 is 1.65 bits per heavy atom. The maximum atomic E-state index is 11.2. The van der Waals surface area contributed by atoms with Crippen LogP contribution in [0.25, 0.3) is 22.9 Å². The predicted octanol–water partition coefficient (Wildman–Crippen LogP) is 3.90. The molecule has 0 aliphatic rings. The molecular formula is C20H18N2O4. The van der Waals surface area contributed by atoms with Crippen molar-refractivity contribution in [2.45, 2.75) is 6.92 Å².